The van der Waals surface area contributed by atoms with Crippen molar-refractivity contribution in [3.63, 3.8) is 0 Å². The molecule has 302 valence electrons. The molecular weight excluding hydrogens is 636 g/mol. The molecule has 0 aliphatic carbocycles. The Bertz CT molecular complexity index is 777. The molecule has 0 spiro atoms. The van der Waals surface area contributed by atoms with Crippen LogP contribution in [0, 0.1) is 0 Å². The smallest absolute Gasteiger partial charge is 0.326 e. The van der Waals surface area contributed by atoms with Crippen LogP contribution in [0.15, 0.2) is 0 Å². The maximum Gasteiger partial charge on any atom is 0.326 e. The molecule has 0 fully saturated rings. The Morgan fingerprint density at radius 2 is 0.843 bits per heavy atom. The molecule has 2 unspecified atom stereocenters. The molecule has 0 heterocycles. The number of hydrogen-bond acceptors (Lipinski definition) is 5. The molecule has 0 aliphatic heterocycles. The molecule has 0 bridgehead atoms. The Balaban J connectivity index is 4.22. The molecule has 4 N–H and O–H groups in total. The van der Waals surface area contributed by atoms with Crippen LogP contribution >= 0.6 is 0 Å². The highest BCUT2D eigenvalue weighted by Crippen LogP contribution is 2.19. The third kappa shape index (κ3) is 36.5. The van der Waals surface area contributed by atoms with Gasteiger partial charge in [0.05, 0.1) is 0 Å². The van der Waals surface area contributed by atoms with Crippen molar-refractivity contribution in [2.75, 3.05) is 6.54 Å². The fourth-order valence-corrected chi connectivity index (χ4v) is 7.04. The Kier molecular flexibility index (Phi) is 38.3. The lowest BCUT2D eigenvalue weighted by Crippen LogP contribution is -2.40. The summed E-state index contributed by atoms with van der Waals surface area (Å²) >= 11 is 0. The monoisotopic (exact) mass is 723 g/mol. The van der Waals surface area contributed by atoms with Crippen molar-refractivity contribution in [2.24, 2.45) is 5.73 Å². The fraction of sp³-hybridized carbons (Fsp3) is 0.932. The van der Waals surface area contributed by atoms with Crippen molar-refractivity contribution < 1.29 is 24.2 Å². The molecule has 7 nitrogen and oxygen atoms in total. The summed E-state index contributed by atoms with van der Waals surface area (Å²) in [7, 11) is 0. The predicted molar refractivity (Wildman–Crippen MR) is 216 cm³/mol. The van der Waals surface area contributed by atoms with Crippen LogP contribution in [0.3, 0.4) is 0 Å². The number of nitrogens with two attached hydrogens (primary N) is 1. The maximum absolute atomic E-state index is 12.8. The van der Waals surface area contributed by atoms with Gasteiger partial charge >= 0.3 is 11.9 Å². The van der Waals surface area contributed by atoms with Gasteiger partial charge in [-0.1, -0.05) is 181 Å². The highest BCUT2D eigenvalue weighted by atomic mass is 16.5. The minimum Gasteiger partial charge on any atom is -0.480 e. The molecule has 0 aliphatic rings. The summed E-state index contributed by atoms with van der Waals surface area (Å²) in [5, 5.41) is 11.9. The number of nitrogens with one attached hydrogen (secondary N) is 1. The summed E-state index contributed by atoms with van der Waals surface area (Å²) in [6.45, 7) is 4.96. The van der Waals surface area contributed by atoms with Gasteiger partial charge in [-0.25, -0.2) is 4.79 Å². The zero-order valence-electron chi connectivity index (χ0n) is 34.0. The second kappa shape index (κ2) is 39.6. The Labute approximate surface area is 316 Å². The topological polar surface area (TPSA) is 119 Å². The van der Waals surface area contributed by atoms with Crippen molar-refractivity contribution in [3.05, 3.63) is 0 Å². The number of ether oxygens (including phenoxy) is 1. The number of esters is 1. The van der Waals surface area contributed by atoms with E-state index in [4.69, 9.17) is 10.5 Å². The Hall–Kier alpha value is -1.63. The number of aliphatic carboxylic acids is 1. The lowest BCUT2D eigenvalue weighted by molar-refractivity contribution is -0.150. The summed E-state index contributed by atoms with van der Waals surface area (Å²) in [6, 6.07) is -0.851. The van der Waals surface area contributed by atoms with Crippen LogP contribution in [0.1, 0.15) is 245 Å². The lowest BCUT2D eigenvalue weighted by Gasteiger charge is -2.18. The molecule has 2 atom stereocenters. The first-order chi connectivity index (χ1) is 24.9. The molecule has 0 aromatic carbocycles. The summed E-state index contributed by atoms with van der Waals surface area (Å²) in [4.78, 5) is 36.3. The molecule has 7 heteroatoms. The highest BCUT2D eigenvalue weighted by molar-refractivity contribution is 5.83. The second-order valence-electron chi connectivity index (χ2n) is 15.5. The van der Waals surface area contributed by atoms with Gasteiger partial charge in [0.25, 0.3) is 0 Å². The number of rotatable bonds is 41. The van der Waals surface area contributed by atoms with Gasteiger partial charge in [-0.3, -0.25) is 9.59 Å². The molecule has 1 amide bonds. The van der Waals surface area contributed by atoms with E-state index in [0.29, 0.717) is 32.2 Å². The van der Waals surface area contributed by atoms with Crippen molar-refractivity contribution in [1.29, 1.82) is 0 Å². The molecular formula is C44H86N2O5. The average molecular weight is 723 g/mol. The first kappa shape index (κ1) is 49.4. The van der Waals surface area contributed by atoms with E-state index in [1.54, 1.807) is 0 Å². The van der Waals surface area contributed by atoms with E-state index in [1.165, 1.54) is 141 Å². The van der Waals surface area contributed by atoms with E-state index in [2.05, 4.69) is 19.2 Å². The SMILES string of the molecule is CCCCCCCCCCCCCCCCCC(=O)OC(CCCCCCCCCCCC)CCCCCCCC(=O)NC(CCCN)C(=O)O. The highest BCUT2D eigenvalue weighted by Gasteiger charge is 2.19. The summed E-state index contributed by atoms with van der Waals surface area (Å²) < 4.78 is 6.05. The Morgan fingerprint density at radius 3 is 1.22 bits per heavy atom. The van der Waals surface area contributed by atoms with Crippen LogP contribution in [0.4, 0.5) is 0 Å². The van der Waals surface area contributed by atoms with E-state index in [1.807, 2.05) is 0 Å². The van der Waals surface area contributed by atoms with Gasteiger partial charge in [-0.2, -0.15) is 0 Å². The normalized spacial score (nSPS) is 12.5. The maximum atomic E-state index is 12.8. The molecule has 0 rings (SSSR count). The van der Waals surface area contributed by atoms with Crippen molar-refractivity contribution >= 4 is 17.8 Å². The van der Waals surface area contributed by atoms with Gasteiger partial charge in [0.1, 0.15) is 12.1 Å². The van der Waals surface area contributed by atoms with Crippen LogP contribution in [0.25, 0.3) is 0 Å². The van der Waals surface area contributed by atoms with E-state index < -0.39 is 12.0 Å². The van der Waals surface area contributed by atoms with Gasteiger partial charge in [-0.15, -0.1) is 0 Å². The lowest BCUT2D eigenvalue weighted by atomic mass is 10.0. The van der Waals surface area contributed by atoms with Gasteiger partial charge < -0.3 is 20.9 Å². The van der Waals surface area contributed by atoms with Gasteiger partial charge in [0.15, 0.2) is 0 Å². The molecule has 0 saturated carbocycles. The molecule has 0 aromatic heterocycles. The van der Waals surface area contributed by atoms with Crippen LogP contribution in [-0.2, 0) is 19.1 Å². The van der Waals surface area contributed by atoms with Crippen LogP contribution < -0.4 is 11.1 Å². The predicted octanol–water partition coefficient (Wildman–Crippen LogP) is 12.5. The van der Waals surface area contributed by atoms with Gasteiger partial charge in [-0.05, 0) is 57.9 Å². The third-order valence-corrected chi connectivity index (χ3v) is 10.4. The molecule has 0 radical (unpaired) electrons. The van der Waals surface area contributed by atoms with E-state index >= 15 is 0 Å². The van der Waals surface area contributed by atoms with Crippen LogP contribution in [-0.4, -0.2) is 41.6 Å². The number of amides is 1. The zero-order valence-corrected chi connectivity index (χ0v) is 34.0. The second-order valence-corrected chi connectivity index (χ2v) is 15.5. The quantitative estimate of drug-likeness (QED) is 0.0427. The largest absolute Gasteiger partial charge is 0.480 e. The van der Waals surface area contributed by atoms with Crippen LogP contribution in [0.2, 0.25) is 0 Å². The average Bonchev–Trinajstić information content (AvgIpc) is 3.11. The fourth-order valence-electron chi connectivity index (χ4n) is 7.04. The van der Waals surface area contributed by atoms with Crippen LogP contribution in [0.5, 0.6) is 0 Å². The third-order valence-electron chi connectivity index (χ3n) is 10.4. The molecule has 0 saturated heterocycles. The zero-order chi connectivity index (χ0) is 37.5. The van der Waals surface area contributed by atoms with E-state index in [-0.39, 0.29) is 18.0 Å². The van der Waals surface area contributed by atoms with Crippen molar-refractivity contribution in [3.8, 4) is 0 Å². The molecule has 51 heavy (non-hydrogen) atoms. The Morgan fingerprint density at radius 1 is 0.490 bits per heavy atom. The standard InChI is InChI=1S/C44H86N2O5/c1-3-5-7-9-11-13-15-16-17-18-19-21-23-28-32-38-43(48)51-40(34-29-25-22-20-14-12-10-8-6-4-2)35-30-26-24-27-31-37-42(47)46-41(44(49)50)36-33-39-45/h40-41H,3-39,45H2,1-2H3,(H,46,47)(H,49,50). The number of carboxylic acid groups (broad SMARTS) is 1. The van der Waals surface area contributed by atoms with E-state index in [0.717, 1.165) is 64.2 Å². The minimum absolute atomic E-state index is 0.0149. The van der Waals surface area contributed by atoms with Gasteiger partial charge in [0.2, 0.25) is 5.91 Å². The van der Waals surface area contributed by atoms with Gasteiger partial charge in [0, 0.05) is 12.8 Å². The first-order valence-corrected chi connectivity index (χ1v) is 22.4. The van der Waals surface area contributed by atoms with E-state index in [9.17, 15) is 19.5 Å². The summed E-state index contributed by atoms with van der Waals surface area (Å²) in [6.07, 6.45) is 41.5. The number of carboxylic acids is 1. The minimum atomic E-state index is -1.00. The van der Waals surface area contributed by atoms with Crippen molar-refractivity contribution in [2.45, 2.75) is 257 Å². The number of carbonyl (C=O) groups is 3. The number of carbonyl (C=O) groups excluding carboxylic acids is 2. The summed E-state index contributed by atoms with van der Waals surface area (Å²) in [5.74, 6) is -1.21. The number of hydrogen-bond donors (Lipinski definition) is 3. The molecule has 0 aromatic rings. The number of unbranched alkanes of at least 4 members (excludes halogenated alkanes) is 27. The first-order valence-electron chi connectivity index (χ1n) is 22.4. The summed E-state index contributed by atoms with van der Waals surface area (Å²) in [5.41, 5.74) is 5.48. The van der Waals surface area contributed by atoms with Crippen molar-refractivity contribution in [1.82, 2.24) is 5.32 Å².